The SMILES string of the molecule is C[Si](C)(C)/C=C(/CO[Si](C)(C)C)c1ccccc1. The molecule has 0 saturated carbocycles. The number of benzene rings is 1. The van der Waals surface area contributed by atoms with Crippen LogP contribution < -0.4 is 0 Å². The molecule has 3 heteroatoms. The maximum absolute atomic E-state index is 6.08. The Bertz CT molecular complexity index is 397. The second kappa shape index (κ2) is 6.00. The maximum atomic E-state index is 6.08. The third-order valence-corrected chi connectivity index (χ3v) is 4.64. The van der Waals surface area contributed by atoms with Crippen molar-refractivity contribution in [2.45, 2.75) is 39.3 Å². The van der Waals surface area contributed by atoms with Crippen LogP contribution in [0.15, 0.2) is 36.0 Å². The molecule has 0 unspecified atom stereocenters. The zero-order valence-electron chi connectivity index (χ0n) is 12.6. The van der Waals surface area contributed by atoms with Crippen LogP contribution in [0.4, 0.5) is 0 Å². The van der Waals surface area contributed by atoms with E-state index in [0.717, 1.165) is 6.61 Å². The molecule has 1 nitrogen and oxygen atoms in total. The molecule has 0 aliphatic carbocycles. The fourth-order valence-corrected chi connectivity index (χ4v) is 3.56. The monoisotopic (exact) mass is 278 g/mol. The molecular formula is C15H26OSi2. The molecule has 1 aromatic carbocycles. The van der Waals surface area contributed by atoms with Crippen molar-refractivity contribution in [1.82, 2.24) is 0 Å². The van der Waals surface area contributed by atoms with Crippen LogP contribution in [0.1, 0.15) is 5.56 Å². The molecule has 0 atom stereocenters. The molecule has 100 valence electrons. The van der Waals surface area contributed by atoms with E-state index in [1.54, 1.807) is 0 Å². The highest BCUT2D eigenvalue weighted by atomic mass is 28.4. The Labute approximate surface area is 114 Å². The van der Waals surface area contributed by atoms with E-state index in [0.29, 0.717) is 0 Å². The molecule has 0 spiro atoms. The van der Waals surface area contributed by atoms with E-state index in [-0.39, 0.29) is 0 Å². The zero-order valence-corrected chi connectivity index (χ0v) is 14.6. The van der Waals surface area contributed by atoms with E-state index in [4.69, 9.17) is 4.43 Å². The van der Waals surface area contributed by atoms with Crippen LogP contribution in [0.2, 0.25) is 39.3 Å². The smallest absolute Gasteiger partial charge is 0.184 e. The highest BCUT2D eigenvalue weighted by molar-refractivity contribution is 6.81. The van der Waals surface area contributed by atoms with Gasteiger partial charge in [-0.3, -0.25) is 0 Å². The van der Waals surface area contributed by atoms with Crippen molar-refractivity contribution in [3.05, 3.63) is 41.6 Å². The van der Waals surface area contributed by atoms with Crippen LogP contribution >= 0.6 is 0 Å². The Kier molecular flexibility index (Phi) is 5.13. The van der Waals surface area contributed by atoms with Crippen LogP contribution in [0, 0.1) is 0 Å². The summed E-state index contributed by atoms with van der Waals surface area (Å²) in [4.78, 5) is 0. The summed E-state index contributed by atoms with van der Waals surface area (Å²) in [5.74, 6) is 0. The van der Waals surface area contributed by atoms with Gasteiger partial charge in [0.15, 0.2) is 8.32 Å². The minimum absolute atomic E-state index is 0.754. The average molecular weight is 279 g/mol. The summed E-state index contributed by atoms with van der Waals surface area (Å²) in [5, 5.41) is 0. The molecule has 0 radical (unpaired) electrons. The van der Waals surface area contributed by atoms with E-state index < -0.39 is 16.4 Å². The molecule has 0 fully saturated rings. The molecule has 1 aromatic rings. The van der Waals surface area contributed by atoms with Gasteiger partial charge < -0.3 is 4.43 Å². The fourth-order valence-electron chi connectivity index (χ4n) is 1.68. The van der Waals surface area contributed by atoms with Crippen molar-refractivity contribution in [2.75, 3.05) is 6.61 Å². The van der Waals surface area contributed by atoms with E-state index in [1.165, 1.54) is 11.1 Å². The lowest BCUT2D eigenvalue weighted by Crippen LogP contribution is -2.27. The normalized spacial score (nSPS) is 13.8. The van der Waals surface area contributed by atoms with Gasteiger partial charge in [0.05, 0.1) is 14.7 Å². The molecule has 1 rings (SSSR count). The Hall–Kier alpha value is -0.646. The number of hydrogen-bond donors (Lipinski definition) is 0. The Morgan fingerprint density at radius 3 is 2.00 bits per heavy atom. The van der Waals surface area contributed by atoms with E-state index in [2.05, 4.69) is 75.3 Å². The molecule has 0 amide bonds. The van der Waals surface area contributed by atoms with Crippen LogP contribution in [0.3, 0.4) is 0 Å². The third kappa shape index (κ3) is 6.33. The van der Waals surface area contributed by atoms with Gasteiger partial charge >= 0.3 is 0 Å². The lowest BCUT2D eigenvalue weighted by Gasteiger charge is -2.21. The number of rotatable bonds is 5. The third-order valence-electron chi connectivity index (χ3n) is 2.41. The average Bonchev–Trinajstić information content (AvgIpc) is 2.23. The highest BCUT2D eigenvalue weighted by Gasteiger charge is 2.17. The van der Waals surface area contributed by atoms with Gasteiger partial charge in [-0.05, 0) is 30.8 Å². The molecule has 0 N–H and O–H groups in total. The first-order chi connectivity index (χ1) is 8.17. The zero-order chi connectivity index (χ0) is 13.8. The number of hydrogen-bond acceptors (Lipinski definition) is 1. The second-order valence-electron chi connectivity index (χ2n) is 6.80. The Morgan fingerprint density at radius 1 is 1.00 bits per heavy atom. The minimum Gasteiger partial charge on any atom is -0.413 e. The maximum Gasteiger partial charge on any atom is 0.184 e. The predicted octanol–water partition coefficient (Wildman–Crippen LogP) is 4.80. The van der Waals surface area contributed by atoms with Crippen molar-refractivity contribution in [1.29, 1.82) is 0 Å². The summed E-state index contributed by atoms with van der Waals surface area (Å²) in [6.07, 6.45) is 0. The summed E-state index contributed by atoms with van der Waals surface area (Å²) in [7, 11) is -2.68. The molecule has 18 heavy (non-hydrogen) atoms. The molecule has 0 aliphatic rings. The summed E-state index contributed by atoms with van der Waals surface area (Å²) < 4.78 is 6.08. The molecule has 0 bridgehead atoms. The van der Waals surface area contributed by atoms with Crippen molar-refractivity contribution in [3.63, 3.8) is 0 Å². The molecule has 0 aliphatic heterocycles. The summed E-state index contributed by atoms with van der Waals surface area (Å²) in [6, 6.07) is 10.6. The first-order valence-electron chi connectivity index (χ1n) is 6.58. The molecule has 0 aromatic heterocycles. The topological polar surface area (TPSA) is 9.23 Å². The predicted molar refractivity (Wildman–Crippen MR) is 87.1 cm³/mol. The van der Waals surface area contributed by atoms with Crippen molar-refractivity contribution >= 4 is 22.0 Å². The molecule has 0 saturated heterocycles. The fraction of sp³-hybridized carbons (Fsp3) is 0.467. The summed E-state index contributed by atoms with van der Waals surface area (Å²) >= 11 is 0. The van der Waals surface area contributed by atoms with Crippen molar-refractivity contribution in [3.8, 4) is 0 Å². The summed E-state index contributed by atoms with van der Waals surface area (Å²) in [5.41, 5.74) is 5.12. The van der Waals surface area contributed by atoms with Gasteiger partial charge in [-0.15, -0.1) is 0 Å². The van der Waals surface area contributed by atoms with Gasteiger partial charge in [0.2, 0.25) is 0 Å². The quantitative estimate of drug-likeness (QED) is 0.703. The summed E-state index contributed by atoms with van der Waals surface area (Å²) in [6.45, 7) is 14.6. The van der Waals surface area contributed by atoms with Crippen molar-refractivity contribution in [2.24, 2.45) is 0 Å². The van der Waals surface area contributed by atoms with Crippen LogP contribution in [-0.2, 0) is 4.43 Å². The molecule has 0 heterocycles. The van der Waals surface area contributed by atoms with Crippen LogP contribution in [0.5, 0.6) is 0 Å². The minimum atomic E-state index is -1.45. The van der Waals surface area contributed by atoms with Gasteiger partial charge in [-0.2, -0.15) is 0 Å². The van der Waals surface area contributed by atoms with Gasteiger partial charge in [0.1, 0.15) is 0 Å². The van der Waals surface area contributed by atoms with Gasteiger partial charge in [0, 0.05) is 0 Å². The Morgan fingerprint density at radius 2 is 1.56 bits per heavy atom. The van der Waals surface area contributed by atoms with E-state index >= 15 is 0 Å². The first kappa shape index (κ1) is 15.4. The van der Waals surface area contributed by atoms with Crippen molar-refractivity contribution < 1.29 is 4.43 Å². The second-order valence-corrected chi connectivity index (χ2v) is 16.3. The lowest BCUT2D eigenvalue weighted by molar-refractivity contribution is 0.364. The van der Waals surface area contributed by atoms with Crippen LogP contribution in [-0.4, -0.2) is 23.0 Å². The standard InChI is InChI=1S/C15H26OSi2/c1-17(2,3)13-15(12-16-18(4,5)6)14-10-8-7-9-11-14/h7-11,13H,12H2,1-6H3/b15-13-. The highest BCUT2D eigenvalue weighted by Crippen LogP contribution is 2.20. The van der Waals surface area contributed by atoms with Gasteiger partial charge in [-0.25, -0.2) is 0 Å². The van der Waals surface area contributed by atoms with Gasteiger partial charge in [0.25, 0.3) is 0 Å². The van der Waals surface area contributed by atoms with Gasteiger partial charge in [-0.1, -0.05) is 55.7 Å². The van der Waals surface area contributed by atoms with E-state index in [1.807, 2.05) is 0 Å². The first-order valence-corrected chi connectivity index (χ1v) is 13.6. The molecular weight excluding hydrogens is 252 g/mol. The van der Waals surface area contributed by atoms with E-state index in [9.17, 15) is 0 Å². The largest absolute Gasteiger partial charge is 0.413 e. The lowest BCUT2D eigenvalue weighted by atomic mass is 10.1. The Balaban J connectivity index is 2.94. The van der Waals surface area contributed by atoms with Crippen LogP contribution in [0.25, 0.3) is 5.57 Å².